The Morgan fingerprint density at radius 3 is 2.24 bits per heavy atom. The predicted octanol–water partition coefficient (Wildman–Crippen LogP) is 7.38. The van der Waals surface area contributed by atoms with Crippen molar-refractivity contribution in [3.05, 3.63) is 119 Å². The van der Waals surface area contributed by atoms with E-state index in [1.807, 2.05) is 13.0 Å². The molecule has 192 valence electrons. The lowest BCUT2D eigenvalue weighted by molar-refractivity contribution is 0.0659. The Balaban J connectivity index is 2.08. The second-order valence-corrected chi connectivity index (χ2v) is 10.2. The Morgan fingerprint density at radius 1 is 0.946 bits per heavy atom. The fourth-order valence-corrected chi connectivity index (χ4v) is 5.72. The largest absolute Gasteiger partial charge is 0.496 e. The molecule has 3 heteroatoms. The predicted molar refractivity (Wildman–Crippen MR) is 156 cm³/mol. The van der Waals surface area contributed by atoms with Crippen molar-refractivity contribution in [3.63, 3.8) is 0 Å². The fraction of sp³-hybridized carbons (Fsp3) is 0.294. The molecule has 0 heterocycles. The quantitative estimate of drug-likeness (QED) is 0.264. The van der Waals surface area contributed by atoms with E-state index in [0.717, 1.165) is 56.5 Å². The van der Waals surface area contributed by atoms with Gasteiger partial charge in [0.2, 0.25) is 0 Å². The summed E-state index contributed by atoms with van der Waals surface area (Å²) in [6, 6.07) is 29.3. The molecule has 0 saturated carbocycles. The van der Waals surface area contributed by atoms with E-state index in [2.05, 4.69) is 118 Å². The third kappa shape index (κ3) is 5.20. The zero-order valence-corrected chi connectivity index (χ0v) is 23.0. The average molecular weight is 494 g/mol. The van der Waals surface area contributed by atoms with E-state index >= 15 is 0 Å². The lowest BCUT2D eigenvalue weighted by Gasteiger charge is -2.41. The number of rotatable bonds is 9. The Kier molecular flexibility index (Phi) is 8.16. The number of hydrogen-bond acceptors (Lipinski definition) is 3. The first-order chi connectivity index (χ1) is 17.8. The number of hydrogen-bond donors (Lipinski definition) is 1. The highest BCUT2D eigenvalue weighted by Crippen LogP contribution is 2.50. The molecule has 0 aromatic heterocycles. The van der Waals surface area contributed by atoms with E-state index in [-0.39, 0.29) is 5.92 Å². The summed E-state index contributed by atoms with van der Waals surface area (Å²) in [5.74, 6) is 0.480. The summed E-state index contributed by atoms with van der Waals surface area (Å²) in [6.45, 7) is 7.00. The molecule has 1 N–H and O–H groups in total. The van der Waals surface area contributed by atoms with E-state index in [0.29, 0.717) is 6.42 Å². The van der Waals surface area contributed by atoms with Gasteiger partial charge in [-0.2, -0.15) is 0 Å². The summed E-state index contributed by atoms with van der Waals surface area (Å²) in [7, 11) is 5.85. The molecule has 0 fully saturated rings. The van der Waals surface area contributed by atoms with Gasteiger partial charge in [-0.1, -0.05) is 84.9 Å². The molecule has 0 spiro atoms. The van der Waals surface area contributed by atoms with Crippen LogP contribution >= 0.6 is 0 Å². The molecule has 4 aromatic rings. The van der Waals surface area contributed by atoms with Gasteiger partial charge in [0.1, 0.15) is 11.4 Å². The van der Waals surface area contributed by atoms with Gasteiger partial charge >= 0.3 is 0 Å². The summed E-state index contributed by atoms with van der Waals surface area (Å²) in [4.78, 5) is 2.14. The molecule has 0 bridgehead atoms. The lowest BCUT2D eigenvalue weighted by Crippen LogP contribution is -2.41. The summed E-state index contributed by atoms with van der Waals surface area (Å²) < 4.78 is 6.11. The highest BCUT2D eigenvalue weighted by atomic mass is 16.5. The summed E-state index contributed by atoms with van der Waals surface area (Å²) >= 11 is 0. The first-order valence-corrected chi connectivity index (χ1v) is 13.0. The molecule has 0 saturated heterocycles. The molecule has 3 nitrogen and oxygen atoms in total. The highest BCUT2D eigenvalue weighted by Gasteiger charge is 2.44. The smallest absolute Gasteiger partial charge is 0.126 e. The SMILES string of the molecule is C/C=C(\c1ccccc1C)C(O)(CCN(C)C)C(c1ccccc1)c1cc2ccccc2c(C)c1OC. The van der Waals surface area contributed by atoms with E-state index in [9.17, 15) is 5.11 Å². The molecule has 4 aromatic carbocycles. The maximum atomic E-state index is 13.1. The molecular formula is C34H39NO2. The summed E-state index contributed by atoms with van der Waals surface area (Å²) in [5.41, 5.74) is 5.10. The number of methoxy groups -OCH3 is 1. The van der Waals surface area contributed by atoms with Crippen LogP contribution in [0.2, 0.25) is 0 Å². The third-order valence-electron chi connectivity index (χ3n) is 7.53. The number of aryl methyl sites for hydroxylation is 2. The van der Waals surface area contributed by atoms with Crippen molar-refractivity contribution >= 4 is 16.3 Å². The molecule has 2 atom stereocenters. The van der Waals surface area contributed by atoms with Crippen molar-refractivity contribution in [2.75, 3.05) is 27.7 Å². The van der Waals surface area contributed by atoms with Crippen LogP contribution in [0.5, 0.6) is 5.75 Å². The minimum absolute atomic E-state index is 0.349. The van der Waals surface area contributed by atoms with Crippen molar-refractivity contribution in [2.24, 2.45) is 0 Å². The minimum atomic E-state index is -1.20. The van der Waals surface area contributed by atoms with E-state index in [4.69, 9.17) is 4.74 Å². The second kappa shape index (κ2) is 11.3. The van der Waals surface area contributed by atoms with Crippen LogP contribution in [0.25, 0.3) is 16.3 Å². The van der Waals surface area contributed by atoms with Crippen LogP contribution in [-0.4, -0.2) is 43.4 Å². The van der Waals surface area contributed by atoms with Crippen molar-refractivity contribution in [1.82, 2.24) is 4.90 Å². The lowest BCUT2D eigenvalue weighted by atomic mass is 9.68. The Labute approximate surface area is 222 Å². The molecule has 0 radical (unpaired) electrons. The van der Waals surface area contributed by atoms with Crippen molar-refractivity contribution in [2.45, 2.75) is 38.7 Å². The van der Waals surface area contributed by atoms with Gasteiger partial charge in [0.15, 0.2) is 0 Å². The van der Waals surface area contributed by atoms with Gasteiger partial charge in [0.05, 0.1) is 7.11 Å². The molecule has 2 unspecified atom stereocenters. The monoisotopic (exact) mass is 493 g/mol. The van der Waals surface area contributed by atoms with Crippen LogP contribution in [0.1, 0.15) is 47.1 Å². The second-order valence-electron chi connectivity index (χ2n) is 10.2. The Morgan fingerprint density at radius 2 is 1.59 bits per heavy atom. The van der Waals surface area contributed by atoms with Crippen LogP contribution in [0.15, 0.2) is 91.0 Å². The number of aliphatic hydroxyl groups is 1. The Hall–Kier alpha value is -3.40. The van der Waals surface area contributed by atoms with Gasteiger partial charge in [-0.3, -0.25) is 0 Å². The maximum absolute atomic E-state index is 13.1. The first-order valence-electron chi connectivity index (χ1n) is 13.0. The number of allylic oxidation sites excluding steroid dienone is 1. The van der Waals surface area contributed by atoms with E-state index in [1.54, 1.807) is 7.11 Å². The number of benzene rings is 4. The fourth-order valence-electron chi connectivity index (χ4n) is 5.72. The average Bonchev–Trinajstić information content (AvgIpc) is 2.90. The van der Waals surface area contributed by atoms with Gasteiger partial charge in [0, 0.05) is 18.0 Å². The van der Waals surface area contributed by atoms with E-state index < -0.39 is 5.60 Å². The topological polar surface area (TPSA) is 32.7 Å². The normalized spacial score (nSPS) is 14.5. The molecule has 0 aliphatic heterocycles. The zero-order chi connectivity index (χ0) is 26.6. The third-order valence-corrected chi connectivity index (χ3v) is 7.53. The zero-order valence-electron chi connectivity index (χ0n) is 23.0. The van der Waals surface area contributed by atoms with Crippen molar-refractivity contribution in [1.29, 1.82) is 0 Å². The Bertz CT molecular complexity index is 1390. The van der Waals surface area contributed by atoms with Gasteiger partial charge in [0.25, 0.3) is 0 Å². The first kappa shape index (κ1) is 26.7. The number of nitrogens with zero attached hydrogens (tertiary/aromatic N) is 1. The van der Waals surface area contributed by atoms with Gasteiger partial charge in [-0.25, -0.2) is 0 Å². The van der Waals surface area contributed by atoms with Crippen LogP contribution in [0.4, 0.5) is 0 Å². The summed E-state index contributed by atoms with van der Waals surface area (Å²) in [5, 5.41) is 15.4. The standard InChI is InChI=1S/C34H39NO2/c1-7-31(28-19-13-11-15-24(28)2)34(36,21-22-35(4)5)32(26-16-9-8-10-17-26)30-23-27-18-12-14-20-29(27)25(3)33(30)37-6/h7-20,23,32,36H,21-22H2,1-6H3/b31-7+. The summed E-state index contributed by atoms with van der Waals surface area (Å²) in [6.07, 6.45) is 2.65. The number of ether oxygens (including phenoxy) is 1. The molecule has 4 rings (SSSR count). The van der Waals surface area contributed by atoms with Crippen LogP contribution in [0.3, 0.4) is 0 Å². The van der Waals surface area contributed by atoms with Crippen LogP contribution < -0.4 is 4.74 Å². The van der Waals surface area contributed by atoms with Crippen molar-refractivity contribution in [3.8, 4) is 5.75 Å². The van der Waals surface area contributed by atoms with Gasteiger partial charge < -0.3 is 14.7 Å². The maximum Gasteiger partial charge on any atom is 0.126 e. The van der Waals surface area contributed by atoms with Gasteiger partial charge in [-0.15, -0.1) is 0 Å². The minimum Gasteiger partial charge on any atom is -0.496 e. The molecule has 37 heavy (non-hydrogen) atoms. The van der Waals surface area contributed by atoms with Crippen molar-refractivity contribution < 1.29 is 9.84 Å². The molecular weight excluding hydrogens is 454 g/mol. The molecule has 0 aliphatic rings. The van der Waals surface area contributed by atoms with Gasteiger partial charge in [-0.05, 0) is 86.0 Å². The highest BCUT2D eigenvalue weighted by molar-refractivity contribution is 5.89. The van der Waals surface area contributed by atoms with Crippen LogP contribution in [-0.2, 0) is 0 Å². The van der Waals surface area contributed by atoms with E-state index in [1.165, 1.54) is 0 Å². The molecule has 0 aliphatic carbocycles. The number of fused-ring (bicyclic) bond motifs is 1. The molecule has 0 amide bonds. The van der Waals surface area contributed by atoms with Crippen LogP contribution in [0, 0.1) is 13.8 Å².